The maximum Gasteiger partial charge on any atom is 0.250 e. The number of hydrogen-bond donors (Lipinski definition) is 0. The van der Waals surface area contributed by atoms with Gasteiger partial charge < -0.3 is 18.9 Å². The Bertz CT molecular complexity index is 434. The molecule has 4 aliphatic heterocycles. The van der Waals surface area contributed by atoms with Crippen LogP contribution in [-0.4, -0.2) is 49.2 Å². The molecule has 0 aliphatic carbocycles. The lowest BCUT2D eigenvalue weighted by Crippen LogP contribution is -2.60. The number of ketones is 1. The third-order valence-electron chi connectivity index (χ3n) is 4.62. The Labute approximate surface area is 118 Å². The topological polar surface area (TPSA) is 54.0 Å². The van der Waals surface area contributed by atoms with Crippen molar-refractivity contribution in [3.8, 4) is 0 Å². The Morgan fingerprint density at radius 3 is 2.65 bits per heavy atom. The van der Waals surface area contributed by atoms with Crippen molar-refractivity contribution < 1.29 is 23.7 Å². The molecule has 0 aromatic heterocycles. The fourth-order valence-electron chi connectivity index (χ4n) is 3.55. The molecule has 0 radical (unpaired) electrons. The van der Waals surface area contributed by atoms with E-state index in [1.165, 1.54) is 0 Å². The number of hydrogen-bond acceptors (Lipinski definition) is 5. The molecule has 0 aromatic carbocycles. The fraction of sp³-hybridized carbons (Fsp3) is 0.800. The molecule has 1 spiro atoms. The SMILES string of the molecule is O=C1C[C@H]2OCCC[C@@H]2O[C@@]12C=C[C@@H]1OCCC[C@H]1O2. The maximum absolute atomic E-state index is 12.5. The second-order valence-corrected chi connectivity index (χ2v) is 6.00. The van der Waals surface area contributed by atoms with Gasteiger partial charge in [0.25, 0.3) is 0 Å². The van der Waals surface area contributed by atoms with Crippen LogP contribution in [0.25, 0.3) is 0 Å². The van der Waals surface area contributed by atoms with Crippen LogP contribution in [0.2, 0.25) is 0 Å². The van der Waals surface area contributed by atoms with Gasteiger partial charge in [0.2, 0.25) is 5.79 Å². The van der Waals surface area contributed by atoms with Gasteiger partial charge in [0.15, 0.2) is 5.78 Å². The summed E-state index contributed by atoms with van der Waals surface area (Å²) in [5.74, 6) is -1.22. The number of rotatable bonds is 0. The minimum Gasteiger partial charge on any atom is -0.375 e. The minimum absolute atomic E-state index is 0.0269. The van der Waals surface area contributed by atoms with Crippen LogP contribution in [0, 0.1) is 0 Å². The summed E-state index contributed by atoms with van der Waals surface area (Å²) in [6.45, 7) is 1.48. The average Bonchev–Trinajstić information content (AvgIpc) is 2.48. The van der Waals surface area contributed by atoms with Crippen molar-refractivity contribution in [1.82, 2.24) is 0 Å². The molecule has 4 rings (SSSR count). The molecule has 3 saturated heterocycles. The molecular formula is C15H20O5. The van der Waals surface area contributed by atoms with Gasteiger partial charge in [0, 0.05) is 19.6 Å². The highest BCUT2D eigenvalue weighted by Crippen LogP contribution is 2.39. The molecule has 0 bridgehead atoms. The van der Waals surface area contributed by atoms with E-state index in [4.69, 9.17) is 18.9 Å². The van der Waals surface area contributed by atoms with Gasteiger partial charge in [-0.3, -0.25) is 4.79 Å². The third kappa shape index (κ3) is 2.04. The zero-order valence-electron chi connectivity index (χ0n) is 11.5. The molecule has 110 valence electrons. The van der Waals surface area contributed by atoms with Crippen LogP contribution in [0.15, 0.2) is 12.2 Å². The van der Waals surface area contributed by atoms with E-state index in [-0.39, 0.29) is 30.2 Å². The molecule has 4 aliphatic rings. The highest BCUT2D eigenvalue weighted by atomic mass is 16.7. The second kappa shape index (κ2) is 4.91. The van der Waals surface area contributed by atoms with Crippen LogP contribution < -0.4 is 0 Å². The zero-order chi connectivity index (χ0) is 13.6. The van der Waals surface area contributed by atoms with Gasteiger partial charge in [-0.15, -0.1) is 0 Å². The lowest BCUT2D eigenvalue weighted by Gasteiger charge is -2.47. The number of carbonyl (C=O) groups excluding carboxylic acids is 1. The first kappa shape index (κ1) is 13.0. The Balaban J connectivity index is 1.58. The van der Waals surface area contributed by atoms with Crippen molar-refractivity contribution >= 4 is 5.78 Å². The van der Waals surface area contributed by atoms with Crippen molar-refractivity contribution in [1.29, 1.82) is 0 Å². The van der Waals surface area contributed by atoms with Gasteiger partial charge in [-0.2, -0.15) is 0 Å². The van der Waals surface area contributed by atoms with E-state index < -0.39 is 5.79 Å². The first-order chi connectivity index (χ1) is 9.77. The molecule has 5 atom stereocenters. The highest BCUT2D eigenvalue weighted by molar-refractivity contribution is 5.89. The van der Waals surface area contributed by atoms with Crippen molar-refractivity contribution in [2.24, 2.45) is 0 Å². The lowest BCUT2D eigenvalue weighted by atomic mass is 9.90. The molecule has 0 saturated carbocycles. The second-order valence-electron chi connectivity index (χ2n) is 6.00. The molecule has 5 heteroatoms. The van der Waals surface area contributed by atoms with E-state index in [1.54, 1.807) is 6.08 Å². The quantitative estimate of drug-likeness (QED) is 0.627. The van der Waals surface area contributed by atoms with E-state index >= 15 is 0 Å². The maximum atomic E-state index is 12.5. The minimum atomic E-state index is -1.19. The van der Waals surface area contributed by atoms with Crippen molar-refractivity contribution in [3.05, 3.63) is 12.2 Å². The van der Waals surface area contributed by atoms with Crippen molar-refractivity contribution in [3.63, 3.8) is 0 Å². The standard InChI is InChI=1S/C15H20O5/c16-14-9-13-12(4-2-8-18-13)20-15(14)6-5-10-11(19-15)3-1-7-17-10/h5-6,10-13H,1-4,7-9H2/t10-,11+,12-,13+,15-/m0/s1. The number of fused-ring (bicyclic) bond motifs is 2. The fourth-order valence-corrected chi connectivity index (χ4v) is 3.55. The number of Topliss-reactive ketones (excluding diaryl/α,β-unsaturated/α-hetero) is 1. The third-order valence-corrected chi connectivity index (χ3v) is 4.62. The lowest BCUT2D eigenvalue weighted by molar-refractivity contribution is -0.294. The molecule has 20 heavy (non-hydrogen) atoms. The summed E-state index contributed by atoms with van der Waals surface area (Å²) in [7, 11) is 0. The molecule has 5 nitrogen and oxygen atoms in total. The summed E-state index contributed by atoms with van der Waals surface area (Å²) in [6, 6.07) is 0. The summed E-state index contributed by atoms with van der Waals surface area (Å²) >= 11 is 0. The summed E-state index contributed by atoms with van der Waals surface area (Å²) in [6.07, 6.45) is 7.63. The number of carbonyl (C=O) groups is 1. The largest absolute Gasteiger partial charge is 0.375 e. The molecule has 0 N–H and O–H groups in total. The van der Waals surface area contributed by atoms with Gasteiger partial charge >= 0.3 is 0 Å². The Kier molecular flexibility index (Phi) is 3.18. The molecule has 0 aromatic rings. The summed E-state index contributed by atoms with van der Waals surface area (Å²) in [5, 5.41) is 0. The molecule has 3 fully saturated rings. The highest BCUT2D eigenvalue weighted by Gasteiger charge is 2.52. The van der Waals surface area contributed by atoms with E-state index in [9.17, 15) is 4.79 Å². The van der Waals surface area contributed by atoms with E-state index in [0.29, 0.717) is 6.42 Å². The van der Waals surface area contributed by atoms with Gasteiger partial charge in [0.1, 0.15) is 6.10 Å². The van der Waals surface area contributed by atoms with Gasteiger partial charge in [-0.1, -0.05) is 6.08 Å². The van der Waals surface area contributed by atoms with Crippen LogP contribution in [0.3, 0.4) is 0 Å². The van der Waals surface area contributed by atoms with Crippen LogP contribution in [-0.2, 0) is 23.7 Å². The van der Waals surface area contributed by atoms with Crippen LogP contribution in [0.1, 0.15) is 32.1 Å². The van der Waals surface area contributed by atoms with Crippen LogP contribution in [0.5, 0.6) is 0 Å². The average molecular weight is 280 g/mol. The van der Waals surface area contributed by atoms with Crippen LogP contribution >= 0.6 is 0 Å². The summed E-state index contributed by atoms with van der Waals surface area (Å²) in [5.41, 5.74) is 0. The first-order valence-electron chi connectivity index (χ1n) is 7.58. The summed E-state index contributed by atoms with van der Waals surface area (Å²) < 4.78 is 23.4. The van der Waals surface area contributed by atoms with Gasteiger partial charge in [-0.25, -0.2) is 0 Å². The number of ether oxygens (including phenoxy) is 4. The monoisotopic (exact) mass is 280 g/mol. The van der Waals surface area contributed by atoms with E-state index in [1.807, 2.05) is 6.08 Å². The predicted octanol–water partition coefficient (Wildman–Crippen LogP) is 1.35. The van der Waals surface area contributed by atoms with E-state index in [0.717, 1.165) is 38.9 Å². The zero-order valence-corrected chi connectivity index (χ0v) is 11.5. The Hall–Kier alpha value is -0.750. The first-order valence-corrected chi connectivity index (χ1v) is 7.58. The summed E-state index contributed by atoms with van der Waals surface area (Å²) in [4.78, 5) is 12.5. The van der Waals surface area contributed by atoms with Crippen molar-refractivity contribution in [2.45, 2.75) is 62.3 Å². The molecule has 4 heterocycles. The Morgan fingerprint density at radius 1 is 1.00 bits per heavy atom. The molecule has 0 unspecified atom stereocenters. The van der Waals surface area contributed by atoms with Crippen molar-refractivity contribution in [2.75, 3.05) is 13.2 Å². The smallest absolute Gasteiger partial charge is 0.250 e. The predicted molar refractivity (Wildman–Crippen MR) is 69.2 cm³/mol. The van der Waals surface area contributed by atoms with Gasteiger partial charge in [-0.05, 0) is 31.8 Å². The normalized spacial score (nSPS) is 47.9. The van der Waals surface area contributed by atoms with Crippen LogP contribution in [0.4, 0.5) is 0 Å². The Morgan fingerprint density at radius 2 is 1.75 bits per heavy atom. The molecular weight excluding hydrogens is 260 g/mol. The van der Waals surface area contributed by atoms with Gasteiger partial charge in [0.05, 0.1) is 18.3 Å². The molecule has 0 amide bonds. The van der Waals surface area contributed by atoms with E-state index in [2.05, 4.69) is 0 Å².